The molecule has 1 aromatic rings. The van der Waals surface area contributed by atoms with Gasteiger partial charge in [0.25, 0.3) is 0 Å². The molecule has 2 N–H and O–H groups in total. The molecular weight excluding hydrogens is 216 g/mol. The highest BCUT2D eigenvalue weighted by atomic mass is 16.3. The Hall–Kier alpha value is -1.20. The van der Waals surface area contributed by atoms with Crippen LogP contribution in [0, 0.1) is 0 Å². The summed E-state index contributed by atoms with van der Waals surface area (Å²) in [6.07, 6.45) is 6.18. The van der Waals surface area contributed by atoms with Crippen molar-refractivity contribution in [1.82, 2.24) is 14.9 Å². The van der Waals surface area contributed by atoms with E-state index >= 15 is 0 Å². The summed E-state index contributed by atoms with van der Waals surface area (Å²) < 4.78 is 0. The van der Waals surface area contributed by atoms with E-state index in [2.05, 4.69) is 27.2 Å². The summed E-state index contributed by atoms with van der Waals surface area (Å²) >= 11 is 0. The number of likely N-dealkylation sites (tertiary alicyclic amines) is 1. The molecule has 0 aliphatic carbocycles. The molecule has 94 valence electrons. The zero-order chi connectivity index (χ0) is 12.1. The van der Waals surface area contributed by atoms with Crippen LogP contribution in [0.4, 0.5) is 5.95 Å². The number of hydrogen-bond donors (Lipinski definition) is 2. The Morgan fingerprint density at radius 3 is 2.59 bits per heavy atom. The molecule has 0 aromatic carbocycles. The molecule has 2 rings (SSSR count). The highest BCUT2D eigenvalue weighted by Crippen LogP contribution is 2.26. The Labute approximate surface area is 102 Å². The predicted octanol–water partition coefficient (Wildman–Crippen LogP) is 0.690. The van der Waals surface area contributed by atoms with Crippen LogP contribution in [-0.4, -0.2) is 53.3 Å². The number of aromatic nitrogens is 2. The van der Waals surface area contributed by atoms with E-state index in [1.165, 1.54) is 18.4 Å². The van der Waals surface area contributed by atoms with Crippen LogP contribution < -0.4 is 5.32 Å². The molecule has 5 heteroatoms. The molecule has 1 fully saturated rings. The summed E-state index contributed by atoms with van der Waals surface area (Å²) in [5.74, 6) is 1.19. The Balaban J connectivity index is 1.93. The van der Waals surface area contributed by atoms with Crippen molar-refractivity contribution in [3.05, 3.63) is 18.0 Å². The fraction of sp³-hybridized carbons (Fsp3) is 0.667. The summed E-state index contributed by atoms with van der Waals surface area (Å²) in [5, 5.41) is 11.6. The number of nitrogens with one attached hydrogen (secondary N) is 1. The molecule has 1 aromatic heterocycles. The molecule has 0 radical (unpaired) electrons. The van der Waals surface area contributed by atoms with Crippen LogP contribution in [-0.2, 0) is 0 Å². The Morgan fingerprint density at radius 1 is 1.35 bits per heavy atom. The number of aliphatic hydroxyl groups is 1. The topological polar surface area (TPSA) is 61.3 Å². The molecule has 0 saturated carbocycles. The van der Waals surface area contributed by atoms with Gasteiger partial charge in [0, 0.05) is 18.9 Å². The van der Waals surface area contributed by atoms with Gasteiger partial charge in [0.2, 0.25) is 5.95 Å². The third-order valence-corrected chi connectivity index (χ3v) is 3.26. The fourth-order valence-electron chi connectivity index (χ4n) is 2.15. The van der Waals surface area contributed by atoms with Crippen LogP contribution >= 0.6 is 0 Å². The van der Waals surface area contributed by atoms with Gasteiger partial charge in [-0.3, -0.25) is 0 Å². The SMILES string of the molecule is CN1CCC(c2cnc(NCCO)nc2)CC1. The maximum Gasteiger partial charge on any atom is 0.222 e. The second-order valence-electron chi connectivity index (χ2n) is 4.57. The first-order valence-corrected chi connectivity index (χ1v) is 6.15. The second kappa shape index (κ2) is 5.93. The van der Waals surface area contributed by atoms with Crippen LogP contribution in [0.1, 0.15) is 24.3 Å². The molecule has 1 aliphatic heterocycles. The van der Waals surface area contributed by atoms with Gasteiger partial charge in [-0.1, -0.05) is 0 Å². The van der Waals surface area contributed by atoms with Crippen molar-refractivity contribution in [3.63, 3.8) is 0 Å². The highest BCUT2D eigenvalue weighted by Gasteiger charge is 2.18. The molecule has 0 unspecified atom stereocenters. The maximum atomic E-state index is 8.69. The average Bonchev–Trinajstić information content (AvgIpc) is 2.38. The Bertz CT molecular complexity index is 333. The standard InChI is InChI=1S/C12H20N4O/c1-16-5-2-10(3-6-16)11-8-14-12(15-9-11)13-4-7-17/h8-10,17H,2-7H2,1H3,(H,13,14,15). The molecule has 0 bridgehead atoms. The molecule has 1 aliphatic rings. The van der Waals surface area contributed by atoms with Crippen LogP contribution in [0.3, 0.4) is 0 Å². The van der Waals surface area contributed by atoms with E-state index in [4.69, 9.17) is 5.11 Å². The average molecular weight is 236 g/mol. The number of rotatable bonds is 4. The van der Waals surface area contributed by atoms with Gasteiger partial charge in [-0.05, 0) is 44.5 Å². The molecule has 0 spiro atoms. The zero-order valence-corrected chi connectivity index (χ0v) is 10.3. The van der Waals surface area contributed by atoms with Gasteiger partial charge in [-0.25, -0.2) is 9.97 Å². The number of aliphatic hydroxyl groups excluding tert-OH is 1. The summed E-state index contributed by atoms with van der Waals surface area (Å²) in [5.41, 5.74) is 1.23. The van der Waals surface area contributed by atoms with Crippen LogP contribution in [0.15, 0.2) is 12.4 Å². The first-order chi connectivity index (χ1) is 8.29. The first kappa shape index (κ1) is 12.3. The van der Waals surface area contributed by atoms with Crippen molar-refractivity contribution in [2.75, 3.05) is 38.6 Å². The molecule has 2 heterocycles. The van der Waals surface area contributed by atoms with Crippen LogP contribution in [0.5, 0.6) is 0 Å². The lowest BCUT2D eigenvalue weighted by molar-refractivity contribution is 0.255. The molecule has 0 atom stereocenters. The van der Waals surface area contributed by atoms with Gasteiger partial charge >= 0.3 is 0 Å². The zero-order valence-electron chi connectivity index (χ0n) is 10.3. The van der Waals surface area contributed by atoms with E-state index < -0.39 is 0 Å². The lowest BCUT2D eigenvalue weighted by Gasteiger charge is -2.28. The van der Waals surface area contributed by atoms with Gasteiger partial charge in [0.1, 0.15) is 0 Å². The van der Waals surface area contributed by atoms with Crippen molar-refractivity contribution >= 4 is 5.95 Å². The number of hydrogen-bond acceptors (Lipinski definition) is 5. The van der Waals surface area contributed by atoms with Crippen LogP contribution in [0.25, 0.3) is 0 Å². The van der Waals surface area contributed by atoms with E-state index in [-0.39, 0.29) is 6.61 Å². The summed E-state index contributed by atoms with van der Waals surface area (Å²) in [7, 11) is 2.16. The Morgan fingerprint density at radius 2 is 2.00 bits per heavy atom. The highest BCUT2D eigenvalue weighted by molar-refractivity contribution is 5.26. The first-order valence-electron chi connectivity index (χ1n) is 6.15. The van der Waals surface area contributed by atoms with Crippen molar-refractivity contribution < 1.29 is 5.11 Å². The Kier molecular flexibility index (Phi) is 4.28. The van der Waals surface area contributed by atoms with Gasteiger partial charge < -0.3 is 15.3 Å². The minimum atomic E-state index is 0.0973. The van der Waals surface area contributed by atoms with Gasteiger partial charge in [-0.15, -0.1) is 0 Å². The van der Waals surface area contributed by atoms with E-state index in [0.717, 1.165) is 13.1 Å². The lowest BCUT2D eigenvalue weighted by Crippen LogP contribution is -2.29. The third kappa shape index (κ3) is 3.38. The fourth-order valence-corrected chi connectivity index (χ4v) is 2.15. The van der Waals surface area contributed by atoms with Crippen molar-refractivity contribution in [2.45, 2.75) is 18.8 Å². The van der Waals surface area contributed by atoms with E-state index in [1.807, 2.05) is 12.4 Å². The normalized spacial score (nSPS) is 18.2. The number of nitrogens with zero attached hydrogens (tertiary/aromatic N) is 3. The summed E-state index contributed by atoms with van der Waals surface area (Å²) in [6, 6.07) is 0. The molecule has 17 heavy (non-hydrogen) atoms. The summed E-state index contributed by atoms with van der Waals surface area (Å²) in [4.78, 5) is 10.9. The van der Waals surface area contributed by atoms with Crippen molar-refractivity contribution in [3.8, 4) is 0 Å². The van der Waals surface area contributed by atoms with Crippen molar-refractivity contribution in [2.24, 2.45) is 0 Å². The third-order valence-electron chi connectivity index (χ3n) is 3.26. The van der Waals surface area contributed by atoms with Crippen molar-refractivity contribution in [1.29, 1.82) is 0 Å². The smallest absolute Gasteiger partial charge is 0.222 e. The van der Waals surface area contributed by atoms with Crippen LogP contribution in [0.2, 0.25) is 0 Å². The van der Waals surface area contributed by atoms with E-state index in [9.17, 15) is 0 Å². The molecule has 0 amide bonds. The lowest BCUT2D eigenvalue weighted by atomic mass is 9.92. The summed E-state index contributed by atoms with van der Waals surface area (Å²) in [6.45, 7) is 2.89. The molecule has 5 nitrogen and oxygen atoms in total. The maximum absolute atomic E-state index is 8.69. The van der Waals surface area contributed by atoms with Gasteiger partial charge in [0.15, 0.2) is 0 Å². The number of piperidine rings is 1. The molecular formula is C12H20N4O. The van der Waals surface area contributed by atoms with E-state index in [0.29, 0.717) is 18.4 Å². The van der Waals surface area contributed by atoms with Gasteiger partial charge in [-0.2, -0.15) is 0 Å². The monoisotopic (exact) mass is 236 g/mol. The quantitative estimate of drug-likeness (QED) is 0.805. The predicted molar refractivity (Wildman–Crippen MR) is 67.1 cm³/mol. The van der Waals surface area contributed by atoms with E-state index in [1.54, 1.807) is 0 Å². The minimum absolute atomic E-state index is 0.0973. The van der Waals surface area contributed by atoms with Gasteiger partial charge in [0.05, 0.1) is 6.61 Å². The number of anilines is 1. The largest absolute Gasteiger partial charge is 0.395 e. The molecule has 1 saturated heterocycles. The second-order valence-corrected chi connectivity index (χ2v) is 4.57. The minimum Gasteiger partial charge on any atom is -0.395 e.